The van der Waals surface area contributed by atoms with Crippen molar-refractivity contribution in [2.75, 3.05) is 26.0 Å². The summed E-state index contributed by atoms with van der Waals surface area (Å²) in [5.41, 5.74) is 0.515. The Hall–Kier alpha value is -1.97. The number of rotatable bonds is 4. The van der Waals surface area contributed by atoms with Crippen molar-refractivity contribution in [1.82, 2.24) is 4.31 Å². The molecule has 1 fully saturated rings. The summed E-state index contributed by atoms with van der Waals surface area (Å²) in [7, 11) is -2.51. The standard InChI is InChI=1S/C19H19F2NO4S2/c1-26-19(23)13-2-5-15(6-3-13)28(24,25)22-9-8-18(27-11-10-22)16-12-14(20)4-7-17(16)21/h2-7,12,18H,8-11H2,1H3. The van der Waals surface area contributed by atoms with Crippen LogP contribution in [0, 0.1) is 11.6 Å². The smallest absolute Gasteiger partial charge is 0.337 e. The van der Waals surface area contributed by atoms with Crippen LogP contribution >= 0.6 is 11.8 Å². The molecule has 2 aromatic rings. The summed E-state index contributed by atoms with van der Waals surface area (Å²) >= 11 is 1.41. The predicted molar refractivity (Wildman–Crippen MR) is 103 cm³/mol. The first-order valence-electron chi connectivity index (χ1n) is 8.58. The fourth-order valence-corrected chi connectivity index (χ4v) is 5.84. The van der Waals surface area contributed by atoms with Gasteiger partial charge in [-0.3, -0.25) is 0 Å². The van der Waals surface area contributed by atoms with Gasteiger partial charge in [-0.05, 0) is 48.9 Å². The largest absolute Gasteiger partial charge is 0.465 e. The molecule has 0 radical (unpaired) electrons. The highest BCUT2D eigenvalue weighted by Crippen LogP contribution is 2.37. The van der Waals surface area contributed by atoms with Crippen LogP contribution in [0.15, 0.2) is 47.4 Å². The Balaban J connectivity index is 1.77. The van der Waals surface area contributed by atoms with Crippen molar-refractivity contribution in [2.45, 2.75) is 16.6 Å². The molecule has 0 bridgehead atoms. The quantitative estimate of drug-likeness (QED) is 0.698. The zero-order valence-electron chi connectivity index (χ0n) is 15.1. The summed E-state index contributed by atoms with van der Waals surface area (Å²) in [6.07, 6.45) is 0.366. The van der Waals surface area contributed by atoms with Crippen molar-refractivity contribution in [1.29, 1.82) is 0 Å². The maximum absolute atomic E-state index is 14.1. The Kier molecular flexibility index (Phi) is 6.36. The van der Waals surface area contributed by atoms with E-state index in [0.717, 1.165) is 12.1 Å². The first-order valence-corrected chi connectivity index (χ1v) is 11.1. The molecule has 9 heteroatoms. The molecule has 1 aliphatic heterocycles. The van der Waals surface area contributed by atoms with Gasteiger partial charge in [0.1, 0.15) is 11.6 Å². The highest BCUT2D eigenvalue weighted by Gasteiger charge is 2.29. The molecule has 28 heavy (non-hydrogen) atoms. The zero-order chi connectivity index (χ0) is 20.3. The number of carbonyl (C=O) groups is 1. The van der Waals surface area contributed by atoms with Gasteiger partial charge in [0.05, 0.1) is 17.6 Å². The van der Waals surface area contributed by atoms with Gasteiger partial charge in [0.2, 0.25) is 10.0 Å². The van der Waals surface area contributed by atoms with E-state index in [2.05, 4.69) is 4.74 Å². The van der Waals surface area contributed by atoms with E-state index in [0.29, 0.717) is 12.2 Å². The van der Waals surface area contributed by atoms with Gasteiger partial charge in [-0.2, -0.15) is 16.1 Å². The minimum atomic E-state index is -3.76. The molecule has 3 rings (SSSR count). The van der Waals surface area contributed by atoms with Gasteiger partial charge in [0.15, 0.2) is 0 Å². The van der Waals surface area contributed by atoms with Gasteiger partial charge in [0, 0.05) is 29.7 Å². The number of hydrogen-bond acceptors (Lipinski definition) is 5. The third kappa shape index (κ3) is 4.37. The number of esters is 1. The second-order valence-corrected chi connectivity index (χ2v) is 9.48. The van der Waals surface area contributed by atoms with Crippen LogP contribution in [0.2, 0.25) is 0 Å². The molecule has 5 nitrogen and oxygen atoms in total. The summed E-state index contributed by atoms with van der Waals surface area (Å²) in [5.74, 6) is -1.10. The number of halogens is 2. The number of methoxy groups -OCH3 is 1. The van der Waals surface area contributed by atoms with Crippen molar-refractivity contribution in [3.8, 4) is 0 Å². The fraction of sp³-hybridized carbons (Fsp3) is 0.316. The summed E-state index contributed by atoms with van der Waals surface area (Å²) < 4.78 is 59.3. The molecule has 1 heterocycles. The number of thioether (sulfide) groups is 1. The number of ether oxygens (including phenoxy) is 1. The van der Waals surface area contributed by atoms with E-state index in [-0.39, 0.29) is 34.4 Å². The second kappa shape index (κ2) is 8.59. The van der Waals surface area contributed by atoms with Crippen molar-refractivity contribution in [3.05, 3.63) is 65.2 Å². The zero-order valence-corrected chi connectivity index (χ0v) is 16.7. The van der Waals surface area contributed by atoms with E-state index in [4.69, 9.17) is 0 Å². The average molecular weight is 427 g/mol. The molecule has 0 aliphatic carbocycles. The topological polar surface area (TPSA) is 63.7 Å². The molecule has 0 N–H and O–H groups in total. The monoisotopic (exact) mass is 427 g/mol. The van der Waals surface area contributed by atoms with E-state index < -0.39 is 27.6 Å². The lowest BCUT2D eigenvalue weighted by molar-refractivity contribution is 0.0600. The summed E-state index contributed by atoms with van der Waals surface area (Å²) in [6, 6.07) is 8.85. The Bertz CT molecular complexity index is 964. The molecule has 1 aliphatic rings. The summed E-state index contributed by atoms with van der Waals surface area (Å²) in [4.78, 5) is 11.6. The molecule has 0 amide bonds. The van der Waals surface area contributed by atoms with Crippen molar-refractivity contribution in [3.63, 3.8) is 0 Å². The molecule has 0 saturated carbocycles. The SMILES string of the molecule is COC(=O)c1ccc(S(=O)(=O)N2CCSC(c3cc(F)ccc3F)CC2)cc1. The highest BCUT2D eigenvalue weighted by atomic mass is 32.2. The highest BCUT2D eigenvalue weighted by molar-refractivity contribution is 7.99. The summed E-state index contributed by atoms with van der Waals surface area (Å²) in [5, 5.41) is -0.322. The molecular weight excluding hydrogens is 408 g/mol. The lowest BCUT2D eigenvalue weighted by Crippen LogP contribution is -2.33. The summed E-state index contributed by atoms with van der Waals surface area (Å²) in [6.45, 7) is 0.452. The van der Waals surface area contributed by atoms with Gasteiger partial charge in [0.25, 0.3) is 0 Å². The number of sulfonamides is 1. The third-order valence-electron chi connectivity index (χ3n) is 4.52. The second-order valence-electron chi connectivity index (χ2n) is 6.23. The number of hydrogen-bond donors (Lipinski definition) is 0. The van der Waals surface area contributed by atoms with E-state index in [1.54, 1.807) is 0 Å². The van der Waals surface area contributed by atoms with Gasteiger partial charge < -0.3 is 4.74 Å². The van der Waals surface area contributed by atoms with Crippen LogP contribution in [0.4, 0.5) is 8.78 Å². The normalized spacial score (nSPS) is 18.5. The van der Waals surface area contributed by atoms with Crippen molar-refractivity contribution < 1.29 is 26.7 Å². The van der Waals surface area contributed by atoms with Crippen LogP contribution in [0.25, 0.3) is 0 Å². The van der Waals surface area contributed by atoms with Crippen LogP contribution in [-0.4, -0.2) is 44.6 Å². The van der Waals surface area contributed by atoms with E-state index in [9.17, 15) is 22.0 Å². The maximum atomic E-state index is 14.1. The van der Waals surface area contributed by atoms with E-state index in [1.807, 2.05) is 0 Å². The maximum Gasteiger partial charge on any atom is 0.337 e. The van der Waals surface area contributed by atoms with Crippen LogP contribution in [0.5, 0.6) is 0 Å². The predicted octanol–water partition coefficient (Wildman–Crippen LogP) is 3.62. The Labute approximate surface area is 166 Å². The average Bonchev–Trinajstić information content (AvgIpc) is 2.96. The fourth-order valence-electron chi connectivity index (χ4n) is 3.03. The van der Waals surface area contributed by atoms with Crippen LogP contribution in [0.1, 0.15) is 27.6 Å². The van der Waals surface area contributed by atoms with E-state index in [1.165, 1.54) is 53.5 Å². The molecule has 0 spiro atoms. The minimum Gasteiger partial charge on any atom is -0.465 e. The molecule has 1 atom stereocenters. The molecule has 150 valence electrons. The third-order valence-corrected chi connectivity index (χ3v) is 7.74. The first kappa shape index (κ1) is 20.8. The molecule has 1 unspecified atom stereocenters. The Morgan fingerprint density at radius 2 is 1.86 bits per heavy atom. The number of carbonyl (C=O) groups excluding carboxylic acids is 1. The van der Waals surface area contributed by atoms with Crippen LogP contribution in [0.3, 0.4) is 0 Å². The molecule has 2 aromatic carbocycles. The van der Waals surface area contributed by atoms with Crippen LogP contribution < -0.4 is 0 Å². The Morgan fingerprint density at radius 1 is 1.14 bits per heavy atom. The Morgan fingerprint density at radius 3 is 2.54 bits per heavy atom. The number of benzene rings is 2. The molecule has 0 aromatic heterocycles. The minimum absolute atomic E-state index is 0.0699. The van der Waals surface area contributed by atoms with Crippen molar-refractivity contribution >= 4 is 27.8 Å². The number of nitrogens with zero attached hydrogens (tertiary/aromatic N) is 1. The van der Waals surface area contributed by atoms with Gasteiger partial charge in [-0.25, -0.2) is 22.0 Å². The first-order chi connectivity index (χ1) is 13.3. The molecular formula is C19H19F2NO4S2. The van der Waals surface area contributed by atoms with Crippen LogP contribution in [-0.2, 0) is 14.8 Å². The lowest BCUT2D eigenvalue weighted by Gasteiger charge is -2.20. The van der Waals surface area contributed by atoms with Gasteiger partial charge >= 0.3 is 5.97 Å². The van der Waals surface area contributed by atoms with Crippen molar-refractivity contribution in [2.24, 2.45) is 0 Å². The van der Waals surface area contributed by atoms with Gasteiger partial charge in [-0.1, -0.05) is 0 Å². The molecule has 1 saturated heterocycles. The van der Waals surface area contributed by atoms with Gasteiger partial charge in [-0.15, -0.1) is 0 Å². The van der Waals surface area contributed by atoms with E-state index >= 15 is 0 Å². The lowest BCUT2D eigenvalue weighted by atomic mass is 10.1.